The van der Waals surface area contributed by atoms with Gasteiger partial charge in [0.15, 0.2) is 0 Å². The Labute approximate surface area is 131 Å². The van der Waals surface area contributed by atoms with Crippen LogP contribution in [0.3, 0.4) is 0 Å². The molecule has 118 valence electrons. The molecule has 0 fully saturated rings. The Morgan fingerprint density at radius 1 is 1.00 bits per heavy atom. The van der Waals surface area contributed by atoms with Gasteiger partial charge in [0.2, 0.25) is 6.79 Å². The van der Waals surface area contributed by atoms with Gasteiger partial charge in [-0.2, -0.15) is 0 Å². The minimum Gasteiger partial charge on any atom is -0.426 e. The van der Waals surface area contributed by atoms with Crippen LogP contribution in [0.4, 0.5) is 0 Å². The summed E-state index contributed by atoms with van der Waals surface area (Å²) in [5.41, 5.74) is 0.295. The minimum atomic E-state index is -0.777. The van der Waals surface area contributed by atoms with E-state index in [-0.39, 0.29) is 16.9 Å². The van der Waals surface area contributed by atoms with Crippen molar-refractivity contribution in [1.82, 2.24) is 4.98 Å². The van der Waals surface area contributed by atoms with Gasteiger partial charge in [-0.05, 0) is 24.3 Å². The fraction of sp³-hybridized carbons (Fsp3) is 0.125. The maximum atomic E-state index is 11.9. The van der Waals surface area contributed by atoms with Crippen molar-refractivity contribution in [2.75, 3.05) is 6.79 Å². The number of pyridine rings is 1. The fourth-order valence-corrected chi connectivity index (χ4v) is 1.66. The molecule has 2 aromatic rings. The summed E-state index contributed by atoms with van der Waals surface area (Å²) in [6.07, 6.45) is 2.85. The number of rotatable bonds is 5. The zero-order chi connectivity index (χ0) is 16.7. The van der Waals surface area contributed by atoms with Gasteiger partial charge < -0.3 is 14.2 Å². The molecule has 0 saturated carbocycles. The number of carbonyl (C=O) groups excluding carboxylic acids is 3. The number of carbonyl (C=O) groups is 3. The molecule has 0 atom stereocenters. The van der Waals surface area contributed by atoms with Crippen LogP contribution in [0.1, 0.15) is 27.6 Å². The molecule has 0 aliphatic carbocycles. The van der Waals surface area contributed by atoms with E-state index < -0.39 is 24.7 Å². The first-order valence-electron chi connectivity index (χ1n) is 6.59. The topological polar surface area (TPSA) is 91.8 Å². The molecule has 0 spiro atoms. The summed E-state index contributed by atoms with van der Waals surface area (Å²) in [5, 5.41) is 0. The molecule has 23 heavy (non-hydrogen) atoms. The van der Waals surface area contributed by atoms with Gasteiger partial charge in [-0.3, -0.25) is 9.78 Å². The summed E-state index contributed by atoms with van der Waals surface area (Å²) in [7, 11) is 0. The Kier molecular flexibility index (Phi) is 5.40. The molecule has 0 radical (unpaired) electrons. The number of para-hydroxylation sites is 1. The van der Waals surface area contributed by atoms with Crippen LogP contribution in [0, 0.1) is 0 Å². The number of aromatic nitrogens is 1. The summed E-state index contributed by atoms with van der Waals surface area (Å²) in [6, 6.07) is 9.19. The van der Waals surface area contributed by atoms with E-state index in [0.29, 0.717) is 0 Å². The highest BCUT2D eigenvalue weighted by Crippen LogP contribution is 2.19. The lowest BCUT2D eigenvalue weighted by atomic mass is 10.2. The van der Waals surface area contributed by atoms with Crippen LogP contribution in [-0.2, 0) is 14.3 Å². The van der Waals surface area contributed by atoms with Gasteiger partial charge in [-0.25, -0.2) is 9.59 Å². The van der Waals surface area contributed by atoms with Crippen LogP contribution in [0.2, 0.25) is 0 Å². The van der Waals surface area contributed by atoms with Crippen molar-refractivity contribution < 1.29 is 28.6 Å². The number of nitrogens with zero attached hydrogens (tertiary/aromatic N) is 1. The first-order chi connectivity index (χ1) is 11.1. The summed E-state index contributed by atoms with van der Waals surface area (Å²) in [4.78, 5) is 38.4. The highest BCUT2D eigenvalue weighted by atomic mass is 16.7. The molecule has 0 N–H and O–H groups in total. The van der Waals surface area contributed by atoms with Crippen LogP contribution >= 0.6 is 0 Å². The predicted octanol–water partition coefficient (Wildman–Crippen LogP) is 1.98. The third-order valence-electron chi connectivity index (χ3n) is 2.64. The Balaban J connectivity index is 1.93. The molecule has 0 bridgehead atoms. The Morgan fingerprint density at radius 3 is 2.43 bits per heavy atom. The molecule has 1 aromatic heterocycles. The molecule has 7 nitrogen and oxygen atoms in total. The molecular weight excluding hydrogens is 302 g/mol. The van der Waals surface area contributed by atoms with E-state index in [1.807, 2.05) is 0 Å². The first kappa shape index (κ1) is 16.2. The second-order valence-electron chi connectivity index (χ2n) is 4.31. The highest BCUT2D eigenvalue weighted by molar-refractivity contribution is 5.93. The van der Waals surface area contributed by atoms with Gasteiger partial charge >= 0.3 is 17.9 Å². The fourth-order valence-electron chi connectivity index (χ4n) is 1.66. The van der Waals surface area contributed by atoms with Gasteiger partial charge in [0, 0.05) is 19.3 Å². The molecule has 0 aliphatic rings. The van der Waals surface area contributed by atoms with Crippen molar-refractivity contribution >= 4 is 17.9 Å². The van der Waals surface area contributed by atoms with Gasteiger partial charge in [0.1, 0.15) is 11.3 Å². The lowest BCUT2D eigenvalue weighted by molar-refractivity contribution is -0.131. The molecule has 0 aliphatic heterocycles. The molecule has 7 heteroatoms. The van der Waals surface area contributed by atoms with Gasteiger partial charge in [-0.15, -0.1) is 0 Å². The average Bonchev–Trinajstić information content (AvgIpc) is 2.55. The quantitative estimate of drug-likeness (QED) is 0.473. The molecule has 0 saturated heterocycles. The third kappa shape index (κ3) is 4.63. The van der Waals surface area contributed by atoms with Gasteiger partial charge in [0.05, 0.1) is 5.56 Å². The summed E-state index contributed by atoms with van der Waals surface area (Å²) >= 11 is 0. The highest BCUT2D eigenvalue weighted by Gasteiger charge is 2.16. The molecule has 1 heterocycles. The van der Waals surface area contributed by atoms with E-state index in [2.05, 4.69) is 4.98 Å². The van der Waals surface area contributed by atoms with Crippen LogP contribution < -0.4 is 4.74 Å². The first-order valence-corrected chi connectivity index (χ1v) is 6.59. The smallest absolute Gasteiger partial charge is 0.344 e. The molecule has 2 rings (SSSR count). The number of hydrogen-bond donors (Lipinski definition) is 0. The zero-order valence-electron chi connectivity index (χ0n) is 12.2. The maximum Gasteiger partial charge on any atom is 0.344 e. The second kappa shape index (κ2) is 7.69. The molecule has 1 aromatic carbocycles. The van der Waals surface area contributed by atoms with Gasteiger partial charge in [-0.1, -0.05) is 12.1 Å². The Hall–Kier alpha value is -3.22. The van der Waals surface area contributed by atoms with E-state index in [0.717, 1.165) is 0 Å². The predicted molar refractivity (Wildman–Crippen MR) is 77.7 cm³/mol. The Bertz CT molecular complexity index is 714. The van der Waals surface area contributed by atoms with Crippen molar-refractivity contribution in [1.29, 1.82) is 0 Å². The van der Waals surface area contributed by atoms with E-state index in [1.165, 1.54) is 37.5 Å². The second-order valence-corrected chi connectivity index (χ2v) is 4.31. The van der Waals surface area contributed by atoms with Crippen molar-refractivity contribution in [3.05, 3.63) is 59.9 Å². The lowest BCUT2D eigenvalue weighted by Crippen LogP contribution is -2.14. The lowest BCUT2D eigenvalue weighted by Gasteiger charge is -2.09. The standard InChI is InChI=1S/C16H13NO6/c1-11(18)23-14-7-3-2-6-13(14)16(20)22-10-21-15(19)12-5-4-8-17-9-12/h2-9H,10H2,1H3. The van der Waals surface area contributed by atoms with E-state index in [1.54, 1.807) is 18.2 Å². The number of benzene rings is 1. The van der Waals surface area contributed by atoms with Crippen LogP contribution in [0.25, 0.3) is 0 Å². The SMILES string of the molecule is CC(=O)Oc1ccccc1C(=O)OCOC(=O)c1cccnc1. The summed E-state index contributed by atoms with van der Waals surface area (Å²) in [5.74, 6) is -1.93. The number of hydrogen-bond acceptors (Lipinski definition) is 7. The average molecular weight is 315 g/mol. The van der Waals surface area contributed by atoms with Crippen molar-refractivity contribution in [2.45, 2.75) is 6.92 Å². The molecule has 0 unspecified atom stereocenters. The molecular formula is C16H13NO6. The van der Waals surface area contributed by atoms with Crippen LogP contribution in [0.5, 0.6) is 5.75 Å². The van der Waals surface area contributed by atoms with Crippen molar-refractivity contribution in [2.24, 2.45) is 0 Å². The maximum absolute atomic E-state index is 11.9. The van der Waals surface area contributed by atoms with Crippen LogP contribution in [-0.4, -0.2) is 29.7 Å². The summed E-state index contributed by atoms with van der Waals surface area (Å²) < 4.78 is 14.6. The summed E-state index contributed by atoms with van der Waals surface area (Å²) in [6.45, 7) is 0.652. The Morgan fingerprint density at radius 2 is 1.74 bits per heavy atom. The number of esters is 3. The normalized spacial score (nSPS) is 9.78. The minimum absolute atomic E-state index is 0.0557. The monoisotopic (exact) mass is 315 g/mol. The van der Waals surface area contributed by atoms with Crippen molar-refractivity contribution in [3.8, 4) is 5.75 Å². The van der Waals surface area contributed by atoms with Crippen molar-refractivity contribution in [3.63, 3.8) is 0 Å². The van der Waals surface area contributed by atoms with Gasteiger partial charge in [0.25, 0.3) is 0 Å². The zero-order valence-corrected chi connectivity index (χ0v) is 12.2. The van der Waals surface area contributed by atoms with E-state index in [9.17, 15) is 14.4 Å². The number of ether oxygens (including phenoxy) is 3. The third-order valence-corrected chi connectivity index (χ3v) is 2.64. The van der Waals surface area contributed by atoms with Crippen LogP contribution in [0.15, 0.2) is 48.8 Å². The largest absolute Gasteiger partial charge is 0.426 e. The molecule has 0 amide bonds. The van der Waals surface area contributed by atoms with E-state index >= 15 is 0 Å². The van der Waals surface area contributed by atoms with E-state index in [4.69, 9.17) is 14.2 Å².